The Bertz CT molecular complexity index is 671. The van der Waals surface area contributed by atoms with Crippen molar-refractivity contribution in [1.82, 2.24) is 19.8 Å². The summed E-state index contributed by atoms with van der Waals surface area (Å²) in [4.78, 5) is 2.45. The molecular formula is C17H25N5O. The molecule has 6 nitrogen and oxygen atoms in total. The largest absolute Gasteiger partial charge is 0.379 e. The van der Waals surface area contributed by atoms with Crippen LogP contribution in [0.25, 0.3) is 5.65 Å². The maximum absolute atomic E-state index is 5.78. The molecule has 23 heavy (non-hydrogen) atoms. The Labute approximate surface area is 136 Å². The molecule has 0 bridgehead atoms. The molecule has 0 aromatic carbocycles. The van der Waals surface area contributed by atoms with Crippen molar-refractivity contribution in [2.24, 2.45) is 5.92 Å². The third-order valence-electron chi connectivity index (χ3n) is 4.88. The molecule has 6 heteroatoms. The summed E-state index contributed by atoms with van der Waals surface area (Å²) in [5, 5.41) is 13.0. The van der Waals surface area contributed by atoms with E-state index in [0.29, 0.717) is 17.9 Å². The van der Waals surface area contributed by atoms with Crippen molar-refractivity contribution >= 4 is 11.3 Å². The second-order valence-electron chi connectivity index (χ2n) is 7.14. The summed E-state index contributed by atoms with van der Waals surface area (Å²) in [5.74, 6) is 1.31. The van der Waals surface area contributed by atoms with Crippen LogP contribution in [0.5, 0.6) is 0 Å². The van der Waals surface area contributed by atoms with Gasteiger partial charge in [-0.25, -0.2) is 0 Å². The Morgan fingerprint density at radius 2 is 2.00 bits per heavy atom. The quantitative estimate of drug-likeness (QED) is 0.849. The molecule has 2 aromatic rings. The zero-order chi connectivity index (χ0) is 15.8. The third kappa shape index (κ3) is 3.17. The highest BCUT2D eigenvalue weighted by atomic mass is 16.5. The molecule has 4 rings (SSSR count). The summed E-state index contributed by atoms with van der Waals surface area (Å²) in [6.07, 6.45) is 6.91. The Balaban J connectivity index is 1.50. The Morgan fingerprint density at radius 3 is 2.70 bits per heavy atom. The molecule has 0 N–H and O–H groups in total. The van der Waals surface area contributed by atoms with Crippen molar-refractivity contribution in [3.8, 4) is 0 Å². The normalized spacial score (nSPS) is 19.9. The summed E-state index contributed by atoms with van der Waals surface area (Å²) in [6.45, 7) is 7.21. The van der Waals surface area contributed by atoms with Gasteiger partial charge in [0.1, 0.15) is 6.33 Å². The van der Waals surface area contributed by atoms with E-state index in [-0.39, 0.29) is 0 Å². The molecule has 124 valence electrons. The minimum Gasteiger partial charge on any atom is -0.379 e. The molecule has 0 atom stereocenters. The van der Waals surface area contributed by atoms with Crippen molar-refractivity contribution in [3.63, 3.8) is 0 Å². The van der Waals surface area contributed by atoms with Gasteiger partial charge in [0.15, 0.2) is 0 Å². The van der Waals surface area contributed by atoms with Gasteiger partial charge in [0.05, 0.1) is 17.5 Å². The Kier molecular flexibility index (Phi) is 3.93. The highest BCUT2D eigenvalue weighted by Gasteiger charge is 2.28. The number of aromatic nitrogens is 4. The topological polar surface area (TPSA) is 55.5 Å². The van der Waals surface area contributed by atoms with Crippen LogP contribution in [-0.4, -0.2) is 45.6 Å². The average Bonchev–Trinajstić information content (AvgIpc) is 3.30. The number of piperidine rings is 1. The second kappa shape index (κ2) is 6.07. The molecule has 0 unspecified atom stereocenters. The summed E-state index contributed by atoms with van der Waals surface area (Å²) in [6, 6.07) is 2.24. The number of nitrogens with zero attached hydrogens (tertiary/aromatic N) is 5. The van der Waals surface area contributed by atoms with Gasteiger partial charge in [0.2, 0.25) is 5.65 Å². The van der Waals surface area contributed by atoms with Crippen molar-refractivity contribution in [3.05, 3.63) is 18.1 Å². The van der Waals surface area contributed by atoms with Crippen LogP contribution in [0.2, 0.25) is 0 Å². The van der Waals surface area contributed by atoms with Crippen molar-refractivity contribution in [2.75, 3.05) is 24.6 Å². The van der Waals surface area contributed by atoms with Crippen LogP contribution < -0.4 is 4.90 Å². The van der Waals surface area contributed by atoms with E-state index < -0.39 is 0 Å². The fourth-order valence-corrected chi connectivity index (χ4v) is 3.31. The highest BCUT2D eigenvalue weighted by Crippen LogP contribution is 2.40. The number of fused-ring (bicyclic) bond motifs is 1. The van der Waals surface area contributed by atoms with Crippen LogP contribution in [0.15, 0.2) is 12.4 Å². The fourth-order valence-electron chi connectivity index (χ4n) is 3.31. The van der Waals surface area contributed by atoms with E-state index in [9.17, 15) is 0 Å². The van der Waals surface area contributed by atoms with Gasteiger partial charge in [0, 0.05) is 25.6 Å². The standard InChI is InChI=1S/C17H25N5O/c1-12(2)23-10-13-5-7-21(8-6-13)16-9-15(14-3-4-14)20-22-11-18-19-17(16)22/h9,11-14H,3-8,10H2,1-2H3. The van der Waals surface area contributed by atoms with E-state index in [0.717, 1.165) is 25.3 Å². The molecule has 2 fully saturated rings. The van der Waals surface area contributed by atoms with Crippen molar-refractivity contribution < 1.29 is 4.74 Å². The third-order valence-corrected chi connectivity index (χ3v) is 4.88. The van der Waals surface area contributed by atoms with Gasteiger partial charge < -0.3 is 9.64 Å². The first-order valence-corrected chi connectivity index (χ1v) is 8.78. The minimum absolute atomic E-state index is 0.324. The maximum atomic E-state index is 5.78. The lowest BCUT2D eigenvalue weighted by Gasteiger charge is -2.33. The number of rotatable bonds is 5. The summed E-state index contributed by atoms with van der Waals surface area (Å²) in [5.41, 5.74) is 3.27. The van der Waals surface area contributed by atoms with Gasteiger partial charge in [0.25, 0.3) is 0 Å². The summed E-state index contributed by atoms with van der Waals surface area (Å²) in [7, 11) is 0. The van der Waals surface area contributed by atoms with Crippen LogP contribution >= 0.6 is 0 Å². The molecule has 1 saturated carbocycles. The van der Waals surface area contributed by atoms with Crippen LogP contribution in [0, 0.1) is 5.92 Å². The molecule has 2 aromatic heterocycles. The second-order valence-corrected chi connectivity index (χ2v) is 7.14. The molecule has 2 aliphatic rings. The van der Waals surface area contributed by atoms with Gasteiger partial charge >= 0.3 is 0 Å². The van der Waals surface area contributed by atoms with Crippen LogP contribution in [0.3, 0.4) is 0 Å². The molecule has 1 aliphatic heterocycles. The van der Waals surface area contributed by atoms with E-state index in [1.807, 2.05) is 4.52 Å². The zero-order valence-electron chi connectivity index (χ0n) is 14.0. The molecule has 1 aliphatic carbocycles. The minimum atomic E-state index is 0.324. The average molecular weight is 315 g/mol. The first-order valence-electron chi connectivity index (χ1n) is 8.78. The lowest BCUT2D eigenvalue weighted by atomic mass is 9.97. The van der Waals surface area contributed by atoms with Gasteiger partial charge in [-0.3, -0.25) is 0 Å². The SMILES string of the molecule is CC(C)OCC1CCN(c2cc(C3CC3)nn3cnnc23)CC1. The summed E-state index contributed by atoms with van der Waals surface area (Å²) >= 11 is 0. The monoisotopic (exact) mass is 315 g/mol. The molecule has 0 radical (unpaired) electrons. The lowest BCUT2D eigenvalue weighted by molar-refractivity contribution is 0.0449. The predicted octanol–water partition coefficient (Wildman–Crippen LogP) is 2.64. The Hall–Kier alpha value is -1.69. The molecule has 0 spiro atoms. The van der Waals surface area contributed by atoms with E-state index in [1.165, 1.54) is 37.1 Å². The van der Waals surface area contributed by atoms with Crippen LogP contribution in [-0.2, 0) is 4.74 Å². The van der Waals surface area contributed by atoms with Gasteiger partial charge in [-0.1, -0.05) is 0 Å². The number of anilines is 1. The van der Waals surface area contributed by atoms with E-state index in [4.69, 9.17) is 4.74 Å². The molecule has 1 saturated heterocycles. The van der Waals surface area contributed by atoms with Gasteiger partial charge in [-0.15, -0.1) is 10.2 Å². The van der Waals surface area contributed by atoms with E-state index >= 15 is 0 Å². The maximum Gasteiger partial charge on any atom is 0.200 e. The van der Waals surface area contributed by atoms with Gasteiger partial charge in [-0.05, 0) is 51.5 Å². The van der Waals surface area contributed by atoms with E-state index in [1.54, 1.807) is 6.33 Å². The highest BCUT2D eigenvalue weighted by molar-refractivity contribution is 5.68. The van der Waals surface area contributed by atoms with Crippen LogP contribution in [0.4, 0.5) is 5.69 Å². The smallest absolute Gasteiger partial charge is 0.200 e. The molecule has 0 amide bonds. The lowest BCUT2D eigenvalue weighted by Crippen LogP contribution is -2.36. The molecule has 3 heterocycles. The number of hydrogen-bond acceptors (Lipinski definition) is 5. The first kappa shape index (κ1) is 14.9. The predicted molar refractivity (Wildman–Crippen MR) is 88.8 cm³/mol. The summed E-state index contributed by atoms with van der Waals surface area (Å²) < 4.78 is 7.63. The van der Waals surface area contributed by atoms with Crippen molar-refractivity contribution in [2.45, 2.75) is 51.6 Å². The van der Waals surface area contributed by atoms with E-state index in [2.05, 4.69) is 40.1 Å². The zero-order valence-corrected chi connectivity index (χ0v) is 14.0. The Morgan fingerprint density at radius 1 is 1.22 bits per heavy atom. The first-order chi connectivity index (χ1) is 11.2. The van der Waals surface area contributed by atoms with Crippen molar-refractivity contribution in [1.29, 1.82) is 0 Å². The number of hydrogen-bond donors (Lipinski definition) is 0. The number of ether oxygens (including phenoxy) is 1. The van der Waals surface area contributed by atoms with Gasteiger partial charge in [-0.2, -0.15) is 9.61 Å². The fraction of sp³-hybridized carbons (Fsp3) is 0.706. The van der Waals surface area contributed by atoms with Crippen LogP contribution in [0.1, 0.15) is 51.1 Å². The molecular weight excluding hydrogens is 290 g/mol.